The molecule has 1 aliphatic rings. The van der Waals surface area contributed by atoms with Crippen molar-refractivity contribution < 1.29 is 0 Å². The van der Waals surface area contributed by atoms with Crippen LogP contribution in [0.3, 0.4) is 0 Å². The lowest BCUT2D eigenvalue weighted by Crippen LogP contribution is -2.17. The third-order valence-electron chi connectivity index (χ3n) is 4.34. The fraction of sp³-hybridized carbons (Fsp3) is 0.812. The van der Waals surface area contributed by atoms with Crippen LogP contribution in [0.5, 0.6) is 0 Å². The van der Waals surface area contributed by atoms with Crippen molar-refractivity contribution in [3.05, 3.63) is 18.2 Å². The van der Waals surface area contributed by atoms with Gasteiger partial charge in [-0.3, -0.25) is 0 Å². The predicted molar refractivity (Wildman–Crippen MR) is 79.8 cm³/mol. The van der Waals surface area contributed by atoms with E-state index in [9.17, 15) is 0 Å². The Morgan fingerprint density at radius 1 is 1.37 bits per heavy atom. The predicted octanol–water partition coefficient (Wildman–Crippen LogP) is 3.90. The highest BCUT2D eigenvalue weighted by atomic mass is 15.1. The van der Waals surface area contributed by atoms with Crippen molar-refractivity contribution >= 4 is 0 Å². The van der Waals surface area contributed by atoms with Gasteiger partial charge in [0.15, 0.2) is 0 Å². The monoisotopic (exact) mass is 263 g/mol. The highest BCUT2D eigenvalue weighted by molar-refractivity contribution is 5.04. The van der Waals surface area contributed by atoms with Crippen LogP contribution in [-0.4, -0.2) is 9.55 Å². The van der Waals surface area contributed by atoms with Crippen LogP contribution in [0.1, 0.15) is 70.5 Å². The first-order chi connectivity index (χ1) is 9.16. The molecular formula is C16H29N3. The highest BCUT2D eigenvalue weighted by Gasteiger charge is 2.16. The third-order valence-corrected chi connectivity index (χ3v) is 4.34. The number of imidazole rings is 1. The molecule has 3 nitrogen and oxygen atoms in total. The molecule has 1 aromatic rings. The second kappa shape index (κ2) is 7.09. The van der Waals surface area contributed by atoms with Gasteiger partial charge in [0.2, 0.25) is 0 Å². The molecule has 2 N–H and O–H groups in total. The number of nitrogens with two attached hydrogens (primary N) is 1. The fourth-order valence-electron chi connectivity index (χ4n) is 3.30. The molecule has 108 valence electrons. The number of nitrogens with zero attached hydrogens (tertiary/aromatic N) is 2. The van der Waals surface area contributed by atoms with Gasteiger partial charge in [0.25, 0.3) is 0 Å². The maximum atomic E-state index is 6.27. The number of aromatic nitrogens is 2. The maximum Gasteiger partial charge on any atom is 0.0948 e. The minimum atomic E-state index is 0.133. The van der Waals surface area contributed by atoms with Crippen LogP contribution in [0.2, 0.25) is 0 Å². The van der Waals surface area contributed by atoms with Gasteiger partial charge in [-0.1, -0.05) is 39.5 Å². The largest absolute Gasteiger partial charge is 0.333 e. The number of aryl methyl sites for hydroxylation is 1. The van der Waals surface area contributed by atoms with E-state index in [2.05, 4.69) is 23.4 Å². The fourth-order valence-corrected chi connectivity index (χ4v) is 3.30. The van der Waals surface area contributed by atoms with Gasteiger partial charge in [-0.05, 0) is 31.1 Å². The van der Waals surface area contributed by atoms with Gasteiger partial charge in [-0.2, -0.15) is 0 Å². The van der Waals surface area contributed by atoms with Crippen molar-refractivity contribution in [3.63, 3.8) is 0 Å². The summed E-state index contributed by atoms with van der Waals surface area (Å²) < 4.78 is 2.27. The molecule has 0 aromatic carbocycles. The average Bonchev–Trinajstić information content (AvgIpc) is 2.98. The molecule has 1 aromatic heterocycles. The van der Waals surface area contributed by atoms with Crippen molar-refractivity contribution in [2.45, 2.75) is 71.4 Å². The lowest BCUT2D eigenvalue weighted by Gasteiger charge is -2.17. The van der Waals surface area contributed by atoms with Crippen molar-refractivity contribution in [1.82, 2.24) is 9.55 Å². The van der Waals surface area contributed by atoms with Crippen LogP contribution in [-0.2, 0) is 6.54 Å². The Bertz CT molecular complexity index is 364. The van der Waals surface area contributed by atoms with Gasteiger partial charge >= 0.3 is 0 Å². The zero-order chi connectivity index (χ0) is 13.7. The average molecular weight is 263 g/mol. The normalized spacial score (nSPS) is 18.3. The van der Waals surface area contributed by atoms with Gasteiger partial charge in [0, 0.05) is 18.8 Å². The van der Waals surface area contributed by atoms with E-state index < -0.39 is 0 Å². The molecule has 0 aliphatic heterocycles. The Morgan fingerprint density at radius 3 is 2.79 bits per heavy atom. The van der Waals surface area contributed by atoms with Crippen molar-refractivity contribution in [2.75, 3.05) is 0 Å². The molecule has 1 fully saturated rings. The summed E-state index contributed by atoms with van der Waals surface area (Å²) in [7, 11) is 0. The SMILES string of the molecule is CC(C)CC(N)c1cncn1CCCC1CCCC1. The molecular weight excluding hydrogens is 234 g/mol. The summed E-state index contributed by atoms with van der Waals surface area (Å²) in [5, 5.41) is 0. The Hall–Kier alpha value is -0.830. The first-order valence-corrected chi connectivity index (χ1v) is 7.92. The summed E-state index contributed by atoms with van der Waals surface area (Å²) in [5.74, 6) is 1.62. The molecule has 2 rings (SSSR count). The van der Waals surface area contributed by atoms with E-state index in [0.29, 0.717) is 5.92 Å². The van der Waals surface area contributed by atoms with Crippen molar-refractivity contribution in [1.29, 1.82) is 0 Å². The van der Waals surface area contributed by atoms with E-state index in [-0.39, 0.29) is 6.04 Å². The van der Waals surface area contributed by atoms with Crippen molar-refractivity contribution in [3.8, 4) is 0 Å². The standard InChI is InChI=1S/C16H29N3/c1-13(2)10-15(17)16-11-18-12-19(16)9-5-8-14-6-3-4-7-14/h11-15H,3-10,17H2,1-2H3. The van der Waals surface area contributed by atoms with Crippen LogP contribution in [0.4, 0.5) is 0 Å². The van der Waals surface area contributed by atoms with E-state index in [4.69, 9.17) is 5.73 Å². The summed E-state index contributed by atoms with van der Waals surface area (Å²) in [5.41, 5.74) is 7.48. The zero-order valence-electron chi connectivity index (χ0n) is 12.5. The Kier molecular flexibility index (Phi) is 5.44. The maximum absolute atomic E-state index is 6.27. The minimum Gasteiger partial charge on any atom is -0.333 e. The molecule has 0 amide bonds. The molecule has 0 radical (unpaired) electrons. The smallest absolute Gasteiger partial charge is 0.0948 e. The van der Waals surface area contributed by atoms with Gasteiger partial charge in [0.05, 0.1) is 12.0 Å². The first-order valence-electron chi connectivity index (χ1n) is 7.92. The lowest BCUT2D eigenvalue weighted by atomic mass is 10.0. The molecule has 0 saturated heterocycles. The Labute approximate surface area is 117 Å². The topological polar surface area (TPSA) is 43.8 Å². The molecule has 1 saturated carbocycles. The Balaban J connectivity index is 1.81. The van der Waals surface area contributed by atoms with Crippen molar-refractivity contribution in [2.24, 2.45) is 17.6 Å². The molecule has 3 heteroatoms. The molecule has 0 bridgehead atoms. The second-order valence-corrected chi connectivity index (χ2v) is 6.54. The third kappa shape index (κ3) is 4.34. The zero-order valence-corrected chi connectivity index (χ0v) is 12.5. The molecule has 1 heterocycles. The van der Waals surface area contributed by atoms with E-state index in [1.807, 2.05) is 12.5 Å². The summed E-state index contributed by atoms with van der Waals surface area (Å²) in [6, 6.07) is 0.133. The highest BCUT2D eigenvalue weighted by Crippen LogP contribution is 2.29. The summed E-state index contributed by atoms with van der Waals surface area (Å²) in [6.07, 6.45) is 13.4. The first kappa shape index (κ1) is 14.6. The van der Waals surface area contributed by atoms with Crippen LogP contribution in [0.15, 0.2) is 12.5 Å². The minimum absolute atomic E-state index is 0.133. The second-order valence-electron chi connectivity index (χ2n) is 6.54. The summed E-state index contributed by atoms with van der Waals surface area (Å²) in [4.78, 5) is 4.28. The molecule has 0 spiro atoms. The van der Waals surface area contributed by atoms with E-state index in [1.165, 1.54) is 44.2 Å². The molecule has 1 unspecified atom stereocenters. The number of rotatable bonds is 7. The van der Waals surface area contributed by atoms with Gasteiger partial charge < -0.3 is 10.3 Å². The van der Waals surface area contributed by atoms with Crippen LogP contribution in [0, 0.1) is 11.8 Å². The van der Waals surface area contributed by atoms with Crippen LogP contribution < -0.4 is 5.73 Å². The Morgan fingerprint density at radius 2 is 2.11 bits per heavy atom. The quantitative estimate of drug-likeness (QED) is 0.811. The summed E-state index contributed by atoms with van der Waals surface area (Å²) >= 11 is 0. The van der Waals surface area contributed by atoms with Gasteiger partial charge in [0.1, 0.15) is 0 Å². The molecule has 1 atom stereocenters. The molecule has 1 aliphatic carbocycles. The van der Waals surface area contributed by atoms with E-state index in [0.717, 1.165) is 18.9 Å². The number of hydrogen-bond donors (Lipinski definition) is 1. The van der Waals surface area contributed by atoms with Gasteiger partial charge in [-0.25, -0.2) is 4.98 Å². The van der Waals surface area contributed by atoms with Gasteiger partial charge in [-0.15, -0.1) is 0 Å². The van der Waals surface area contributed by atoms with Crippen LogP contribution in [0.25, 0.3) is 0 Å². The van der Waals surface area contributed by atoms with Crippen LogP contribution >= 0.6 is 0 Å². The van der Waals surface area contributed by atoms with E-state index in [1.54, 1.807) is 0 Å². The number of hydrogen-bond acceptors (Lipinski definition) is 2. The van der Waals surface area contributed by atoms with E-state index >= 15 is 0 Å². The molecule has 19 heavy (non-hydrogen) atoms. The lowest BCUT2D eigenvalue weighted by molar-refractivity contribution is 0.440. The summed E-state index contributed by atoms with van der Waals surface area (Å²) in [6.45, 7) is 5.53.